The van der Waals surface area contributed by atoms with Gasteiger partial charge in [0.25, 0.3) is 0 Å². The molecule has 0 aromatic rings. The van der Waals surface area contributed by atoms with Crippen molar-refractivity contribution in [2.75, 3.05) is 13.2 Å². The Labute approximate surface area is 65.4 Å². The van der Waals surface area contributed by atoms with E-state index in [1.807, 2.05) is 6.92 Å². The molecule has 1 unspecified atom stereocenters. The largest absolute Gasteiger partial charge is 0.382 e. The van der Waals surface area contributed by atoms with Crippen LogP contribution < -0.4 is 5.73 Å². The summed E-state index contributed by atoms with van der Waals surface area (Å²) in [6.07, 6.45) is 1.04. The summed E-state index contributed by atoms with van der Waals surface area (Å²) < 4.78 is 5.53. The highest BCUT2D eigenvalue weighted by Gasteiger charge is 2.12. The molecular formula is C7H19NOSi. The highest BCUT2D eigenvalue weighted by molar-refractivity contribution is 6.57. The van der Waals surface area contributed by atoms with Gasteiger partial charge >= 0.3 is 0 Å². The van der Waals surface area contributed by atoms with E-state index in [-0.39, 0.29) is 0 Å². The van der Waals surface area contributed by atoms with Crippen molar-refractivity contribution in [3.05, 3.63) is 0 Å². The van der Waals surface area contributed by atoms with Gasteiger partial charge in [-0.2, -0.15) is 0 Å². The third-order valence-electron chi connectivity index (χ3n) is 1.58. The zero-order valence-corrected chi connectivity index (χ0v) is 8.42. The Kier molecular flexibility index (Phi) is 5.97. The van der Waals surface area contributed by atoms with Crippen LogP contribution in [0.1, 0.15) is 13.3 Å². The van der Waals surface area contributed by atoms with Gasteiger partial charge in [0.05, 0.1) is 8.80 Å². The first-order valence-electron chi connectivity index (χ1n) is 4.04. The summed E-state index contributed by atoms with van der Waals surface area (Å²) in [5.74, 6) is 0. The van der Waals surface area contributed by atoms with Crippen molar-refractivity contribution in [1.29, 1.82) is 0 Å². The molecule has 0 aromatic heterocycles. The molecule has 0 bridgehead atoms. The molecule has 1 atom stereocenters. The van der Waals surface area contributed by atoms with E-state index >= 15 is 0 Å². The molecule has 0 radical (unpaired) electrons. The summed E-state index contributed by atoms with van der Waals surface area (Å²) >= 11 is 0. The van der Waals surface area contributed by atoms with Crippen LogP contribution in [0.5, 0.6) is 0 Å². The van der Waals surface area contributed by atoms with Gasteiger partial charge in [0.15, 0.2) is 0 Å². The van der Waals surface area contributed by atoms with Gasteiger partial charge in [0, 0.05) is 12.3 Å². The maximum Gasteiger partial charge on any atom is 0.0656 e. The summed E-state index contributed by atoms with van der Waals surface area (Å²) in [4.78, 5) is 0. The Bertz CT molecular complexity index is 72.0. The molecule has 0 spiro atoms. The molecule has 0 aliphatic carbocycles. The first-order chi connectivity index (χ1) is 4.72. The monoisotopic (exact) mass is 161 g/mol. The number of nitrogens with two attached hydrogens (primary N) is 1. The average molecular weight is 161 g/mol. The minimum atomic E-state index is -0.623. The van der Waals surface area contributed by atoms with Crippen LogP contribution in [-0.4, -0.2) is 27.7 Å². The molecule has 10 heavy (non-hydrogen) atoms. The van der Waals surface area contributed by atoms with Crippen LogP contribution in [-0.2, 0) is 4.74 Å². The van der Waals surface area contributed by atoms with E-state index < -0.39 is 8.80 Å². The zero-order valence-electron chi connectivity index (χ0n) is 7.26. The van der Waals surface area contributed by atoms with Gasteiger partial charge in [-0.05, 0) is 19.9 Å². The first kappa shape index (κ1) is 10.1. The topological polar surface area (TPSA) is 35.2 Å². The summed E-state index contributed by atoms with van der Waals surface area (Å²) in [5, 5.41) is 0. The maximum atomic E-state index is 5.53. The minimum Gasteiger partial charge on any atom is -0.382 e. The fraction of sp³-hybridized carbons (Fsp3) is 1.00. The van der Waals surface area contributed by atoms with Gasteiger partial charge in [0.2, 0.25) is 0 Å². The lowest BCUT2D eigenvalue weighted by atomic mass is 10.4. The molecule has 0 amide bonds. The quantitative estimate of drug-likeness (QED) is 0.604. The predicted molar refractivity (Wildman–Crippen MR) is 48.0 cm³/mol. The summed E-state index contributed by atoms with van der Waals surface area (Å²) in [7, 11) is -0.623. The van der Waals surface area contributed by atoms with E-state index in [0.29, 0.717) is 5.73 Å². The molecule has 0 aromatic carbocycles. The molecule has 0 fully saturated rings. The predicted octanol–water partition coefficient (Wildman–Crippen LogP) is 0.766. The molecule has 0 aliphatic heterocycles. The van der Waals surface area contributed by atoms with Crippen molar-refractivity contribution in [3.63, 3.8) is 0 Å². The molecule has 0 heterocycles. The van der Waals surface area contributed by atoms with Gasteiger partial charge in [-0.1, -0.05) is 13.1 Å². The van der Waals surface area contributed by atoms with Crippen LogP contribution in [0.25, 0.3) is 0 Å². The fourth-order valence-corrected chi connectivity index (χ4v) is 2.42. The summed E-state index contributed by atoms with van der Waals surface area (Å²) in [6, 6.07) is 0. The lowest BCUT2D eigenvalue weighted by Gasteiger charge is -2.18. The van der Waals surface area contributed by atoms with Gasteiger partial charge in [0.1, 0.15) is 0 Å². The molecule has 62 valence electrons. The molecule has 0 aliphatic rings. The van der Waals surface area contributed by atoms with E-state index in [9.17, 15) is 0 Å². The Morgan fingerprint density at radius 2 is 2.10 bits per heavy atom. The minimum absolute atomic E-state index is 0.495. The number of hydrogen-bond donors (Lipinski definition) is 1. The van der Waals surface area contributed by atoms with Gasteiger partial charge < -0.3 is 10.5 Å². The lowest BCUT2D eigenvalue weighted by Crippen LogP contribution is -2.30. The Balaban J connectivity index is 3.50. The van der Waals surface area contributed by atoms with Crippen LogP contribution in [0.15, 0.2) is 0 Å². The second-order valence-electron chi connectivity index (χ2n) is 2.82. The number of ether oxygens (including phenoxy) is 1. The lowest BCUT2D eigenvalue weighted by molar-refractivity contribution is 0.110. The maximum absolute atomic E-state index is 5.53. The highest BCUT2D eigenvalue weighted by atomic mass is 28.3. The van der Waals surface area contributed by atoms with Crippen molar-refractivity contribution < 1.29 is 4.74 Å². The standard InChI is InChI=1S/C7H19NOSi/c1-4-9-7(5-6-8)10(2)3/h7,10H,4-6,8H2,1-3H3. The van der Waals surface area contributed by atoms with Crippen LogP contribution >= 0.6 is 0 Å². The van der Waals surface area contributed by atoms with E-state index in [2.05, 4.69) is 13.1 Å². The Morgan fingerprint density at radius 3 is 2.40 bits per heavy atom. The van der Waals surface area contributed by atoms with Crippen LogP contribution in [0, 0.1) is 0 Å². The third-order valence-corrected chi connectivity index (χ3v) is 3.59. The molecular weight excluding hydrogens is 142 g/mol. The average Bonchev–Trinajstić information content (AvgIpc) is 1.87. The van der Waals surface area contributed by atoms with Crippen molar-refractivity contribution in [1.82, 2.24) is 0 Å². The highest BCUT2D eigenvalue weighted by Crippen LogP contribution is 2.01. The van der Waals surface area contributed by atoms with E-state index in [1.54, 1.807) is 0 Å². The normalized spacial score (nSPS) is 14.1. The number of hydrogen-bond acceptors (Lipinski definition) is 2. The molecule has 0 rings (SSSR count). The second-order valence-corrected chi connectivity index (χ2v) is 6.05. The van der Waals surface area contributed by atoms with E-state index in [0.717, 1.165) is 19.6 Å². The van der Waals surface area contributed by atoms with Gasteiger partial charge in [-0.15, -0.1) is 0 Å². The molecule has 0 saturated heterocycles. The molecule has 0 saturated carbocycles. The summed E-state index contributed by atoms with van der Waals surface area (Å²) in [5.41, 5.74) is 5.94. The zero-order chi connectivity index (χ0) is 7.98. The van der Waals surface area contributed by atoms with Gasteiger partial charge in [-0.25, -0.2) is 0 Å². The van der Waals surface area contributed by atoms with Crippen LogP contribution in [0.2, 0.25) is 13.1 Å². The van der Waals surface area contributed by atoms with E-state index in [4.69, 9.17) is 10.5 Å². The Morgan fingerprint density at radius 1 is 1.50 bits per heavy atom. The van der Waals surface area contributed by atoms with E-state index in [1.165, 1.54) is 0 Å². The SMILES string of the molecule is CCOC(CCN)[SiH](C)C. The first-order valence-corrected chi connectivity index (χ1v) is 7.01. The van der Waals surface area contributed by atoms with Crippen molar-refractivity contribution in [2.45, 2.75) is 32.2 Å². The van der Waals surface area contributed by atoms with Crippen LogP contribution in [0.4, 0.5) is 0 Å². The van der Waals surface area contributed by atoms with Crippen molar-refractivity contribution in [2.24, 2.45) is 5.73 Å². The van der Waals surface area contributed by atoms with Crippen LogP contribution in [0.3, 0.4) is 0 Å². The van der Waals surface area contributed by atoms with Gasteiger partial charge in [-0.3, -0.25) is 0 Å². The molecule has 2 nitrogen and oxygen atoms in total. The van der Waals surface area contributed by atoms with Crippen molar-refractivity contribution in [3.8, 4) is 0 Å². The van der Waals surface area contributed by atoms with Crippen molar-refractivity contribution >= 4 is 8.80 Å². The molecule has 2 N–H and O–H groups in total. The molecule has 3 heteroatoms. The Hall–Kier alpha value is 0.137. The number of rotatable bonds is 5. The summed E-state index contributed by atoms with van der Waals surface area (Å²) in [6.45, 7) is 8.23. The third kappa shape index (κ3) is 4.03. The fourth-order valence-electron chi connectivity index (χ4n) is 0.987. The second kappa shape index (κ2) is 5.89. The smallest absolute Gasteiger partial charge is 0.0656 e.